The zero-order valence-corrected chi connectivity index (χ0v) is 12.9. The van der Waals surface area contributed by atoms with E-state index in [1.165, 1.54) is 56.7 Å². The van der Waals surface area contributed by atoms with Gasteiger partial charge < -0.3 is 5.32 Å². The Kier molecular flexibility index (Phi) is 3.92. The molecule has 1 saturated heterocycles. The van der Waals surface area contributed by atoms with Crippen molar-refractivity contribution in [2.45, 2.75) is 57.5 Å². The summed E-state index contributed by atoms with van der Waals surface area (Å²) in [5, 5.41) is 7.30. The van der Waals surface area contributed by atoms with Crippen molar-refractivity contribution in [2.75, 3.05) is 19.6 Å². The number of rotatable bonds is 2. The summed E-state index contributed by atoms with van der Waals surface area (Å²) in [6.45, 7) is 8.00. The van der Waals surface area contributed by atoms with Crippen molar-refractivity contribution in [1.29, 1.82) is 0 Å². The number of nitrogens with one attached hydrogen (secondary N) is 1. The van der Waals surface area contributed by atoms with Gasteiger partial charge in [-0.2, -0.15) is 0 Å². The lowest BCUT2D eigenvalue weighted by Crippen LogP contribution is -2.49. The van der Waals surface area contributed by atoms with E-state index >= 15 is 0 Å². The van der Waals surface area contributed by atoms with E-state index in [-0.39, 0.29) is 0 Å². The minimum absolute atomic E-state index is 0.400. The van der Waals surface area contributed by atoms with Gasteiger partial charge >= 0.3 is 0 Å². The van der Waals surface area contributed by atoms with Crippen LogP contribution < -0.4 is 5.32 Å². The van der Waals surface area contributed by atoms with Gasteiger partial charge in [-0.1, -0.05) is 12.8 Å². The third-order valence-electron chi connectivity index (χ3n) is 4.73. The van der Waals surface area contributed by atoms with E-state index < -0.39 is 0 Å². The first-order chi connectivity index (χ1) is 9.19. The highest BCUT2D eigenvalue weighted by atomic mass is 32.1. The van der Waals surface area contributed by atoms with Gasteiger partial charge in [-0.25, -0.2) is 4.98 Å². The molecule has 0 radical (unpaired) electrons. The number of hydrogen-bond donors (Lipinski definition) is 1. The minimum atomic E-state index is 0.400. The molecule has 2 aliphatic rings. The van der Waals surface area contributed by atoms with E-state index in [1.54, 1.807) is 0 Å². The molecule has 1 unspecified atom stereocenters. The van der Waals surface area contributed by atoms with Crippen molar-refractivity contribution in [1.82, 2.24) is 15.2 Å². The number of aryl methyl sites for hydroxylation is 1. The lowest BCUT2D eigenvalue weighted by molar-refractivity contribution is 0.165. The Balaban J connectivity index is 1.75. The molecular formula is C15H25N3S. The van der Waals surface area contributed by atoms with Crippen LogP contribution in [-0.4, -0.2) is 35.1 Å². The highest BCUT2D eigenvalue weighted by Gasteiger charge is 2.37. The van der Waals surface area contributed by atoms with E-state index in [0.717, 1.165) is 5.69 Å². The van der Waals surface area contributed by atoms with Crippen LogP contribution in [0.5, 0.6) is 0 Å². The third kappa shape index (κ3) is 2.86. The quantitative estimate of drug-likeness (QED) is 0.901. The molecular weight excluding hydrogens is 254 g/mol. The van der Waals surface area contributed by atoms with Crippen LogP contribution in [0.1, 0.15) is 55.8 Å². The fourth-order valence-electron chi connectivity index (χ4n) is 3.60. The van der Waals surface area contributed by atoms with Crippen molar-refractivity contribution in [3.8, 4) is 0 Å². The van der Waals surface area contributed by atoms with Gasteiger partial charge in [0.15, 0.2) is 0 Å². The Labute approximate surface area is 120 Å². The topological polar surface area (TPSA) is 28.2 Å². The maximum absolute atomic E-state index is 4.69. The number of aromatic nitrogens is 1. The van der Waals surface area contributed by atoms with E-state index in [4.69, 9.17) is 0 Å². The van der Waals surface area contributed by atoms with Crippen LogP contribution in [-0.2, 0) is 0 Å². The van der Waals surface area contributed by atoms with Crippen LogP contribution in [0.25, 0.3) is 0 Å². The number of nitrogens with zero attached hydrogens (tertiary/aromatic N) is 2. The molecule has 1 N–H and O–H groups in total. The first-order valence-electron chi connectivity index (χ1n) is 7.60. The van der Waals surface area contributed by atoms with Crippen LogP contribution in [0.4, 0.5) is 0 Å². The van der Waals surface area contributed by atoms with Gasteiger partial charge in [0.2, 0.25) is 0 Å². The molecule has 0 bridgehead atoms. The predicted octanol–water partition coefficient (Wildman–Crippen LogP) is 3.12. The second-order valence-corrected chi connectivity index (χ2v) is 7.13. The second-order valence-electron chi connectivity index (χ2n) is 6.24. The Bertz CT molecular complexity index is 423. The molecule has 3 nitrogen and oxygen atoms in total. The Morgan fingerprint density at radius 3 is 2.84 bits per heavy atom. The van der Waals surface area contributed by atoms with Gasteiger partial charge in [0.05, 0.1) is 6.04 Å². The normalized spacial score (nSPS) is 25.6. The first kappa shape index (κ1) is 13.5. The van der Waals surface area contributed by atoms with Gasteiger partial charge in [0.1, 0.15) is 5.01 Å². The Hall–Kier alpha value is -0.450. The lowest BCUT2D eigenvalue weighted by atomic mass is 9.96. The second kappa shape index (κ2) is 5.51. The lowest BCUT2D eigenvalue weighted by Gasteiger charge is -2.35. The maximum atomic E-state index is 4.69. The van der Waals surface area contributed by atoms with Crippen molar-refractivity contribution in [2.24, 2.45) is 0 Å². The van der Waals surface area contributed by atoms with Crippen LogP contribution in [0.15, 0.2) is 5.38 Å². The zero-order chi connectivity index (χ0) is 13.3. The molecule has 1 saturated carbocycles. The van der Waals surface area contributed by atoms with Gasteiger partial charge in [-0.3, -0.25) is 4.90 Å². The summed E-state index contributed by atoms with van der Waals surface area (Å²) >= 11 is 1.82. The van der Waals surface area contributed by atoms with Crippen LogP contribution >= 0.6 is 11.3 Å². The van der Waals surface area contributed by atoms with Gasteiger partial charge in [0.25, 0.3) is 0 Å². The maximum Gasteiger partial charge on any atom is 0.110 e. The summed E-state index contributed by atoms with van der Waals surface area (Å²) in [5.41, 5.74) is 1.56. The number of hydrogen-bond acceptors (Lipinski definition) is 4. The molecule has 1 aromatic rings. The van der Waals surface area contributed by atoms with E-state index in [9.17, 15) is 0 Å². The first-order valence-corrected chi connectivity index (χ1v) is 8.48. The molecule has 0 aromatic carbocycles. The van der Waals surface area contributed by atoms with Gasteiger partial charge in [-0.15, -0.1) is 11.3 Å². The van der Waals surface area contributed by atoms with Crippen molar-refractivity contribution >= 4 is 11.3 Å². The fraction of sp³-hybridized carbons (Fsp3) is 0.800. The molecule has 2 heterocycles. The summed E-state index contributed by atoms with van der Waals surface area (Å²) in [5.74, 6) is 0. The van der Waals surface area contributed by atoms with Crippen LogP contribution in [0.3, 0.4) is 0 Å². The minimum Gasteiger partial charge on any atom is -0.310 e. The molecule has 106 valence electrons. The monoisotopic (exact) mass is 279 g/mol. The van der Waals surface area contributed by atoms with E-state index in [2.05, 4.69) is 34.4 Å². The fourth-order valence-corrected chi connectivity index (χ4v) is 4.48. The molecule has 1 aliphatic carbocycles. The summed E-state index contributed by atoms with van der Waals surface area (Å²) in [4.78, 5) is 7.34. The molecule has 3 rings (SSSR count). The summed E-state index contributed by atoms with van der Waals surface area (Å²) in [7, 11) is 0. The predicted molar refractivity (Wildman–Crippen MR) is 80.7 cm³/mol. The largest absolute Gasteiger partial charge is 0.310 e. The Morgan fingerprint density at radius 1 is 1.37 bits per heavy atom. The molecule has 2 fully saturated rings. The van der Waals surface area contributed by atoms with Crippen molar-refractivity contribution in [3.63, 3.8) is 0 Å². The highest BCUT2D eigenvalue weighted by molar-refractivity contribution is 7.09. The smallest absolute Gasteiger partial charge is 0.110 e. The molecule has 4 heteroatoms. The van der Waals surface area contributed by atoms with Crippen LogP contribution in [0, 0.1) is 6.92 Å². The molecule has 0 amide bonds. The zero-order valence-electron chi connectivity index (χ0n) is 12.1. The standard InChI is InChI=1S/C15H25N3S/c1-12-10-19-14(17-12)13(2)18-9-5-8-16-15(11-18)6-3-4-7-15/h10,13,16H,3-9,11H2,1-2H3. The molecule has 1 atom stereocenters. The highest BCUT2D eigenvalue weighted by Crippen LogP contribution is 2.34. The molecule has 1 aliphatic heterocycles. The molecule has 1 aromatic heterocycles. The van der Waals surface area contributed by atoms with Crippen molar-refractivity contribution in [3.05, 3.63) is 16.1 Å². The summed E-state index contributed by atoms with van der Waals surface area (Å²) in [6.07, 6.45) is 6.76. The summed E-state index contributed by atoms with van der Waals surface area (Å²) in [6, 6.07) is 0.469. The SMILES string of the molecule is Cc1csc(C(C)N2CCCNC3(CCCC3)C2)n1. The third-order valence-corrected chi connectivity index (χ3v) is 5.86. The number of thiazole rings is 1. The summed E-state index contributed by atoms with van der Waals surface area (Å²) < 4.78 is 0. The van der Waals surface area contributed by atoms with Crippen LogP contribution in [0.2, 0.25) is 0 Å². The average molecular weight is 279 g/mol. The molecule has 1 spiro atoms. The average Bonchev–Trinajstić information content (AvgIpc) is 2.96. The van der Waals surface area contributed by atoms with Crippen molar-refractivity contribution < 1.29 is 0 Å². The molecule has 19 heavy (non-hydrogen) atoms. The van der Waals surface area contributed by atoms with Gasteiger partial charge in [0, 0.05) is 29.7 Å². The van der Waals surface area contributed by atoms with Gasteiger partial charge in [-0.05, 0) is 39.7 Å². The van der Waals surface area contributed by atoms with E-state index in [1.807, 2.05) is 11.3 Å². The van der Waals surface area contributed by atoms with E-state index in [0.29, 0.717) is 11.6 Å². The Morgan fingerprint density at radius 2 is 2.16 bits per heavy atom.